The van der Waals surface area contributed by atoms with Crippen molar-refractivity contribution >= 4 is 44.7 Å². The van der Waals surface area contributed by atoms with Gasteiger partial charge in [0.05, 0.1) is 22.4 Å². The molecule has 4 rings (SSSR count). The summed E-state index contributed by atoms with van der Waals surface area (Å²) in [5.41, 5.74) is 3.31. The van der Waals surface area contributed by atoms with Crippen LogP contribution in [0.5, 0.6) is 0 Å². The molecule has 0 unspecified atom stereocenters. The Morgan fingerprint density at radius 3 is 2.60 bits per heavy atom. The van der Waals surface area contributed by atoms with Crippen molar-refractivity contribution in [3.63, 3.8) is 0 Å². The maximum absolute atomic E-state index is 13.1. The summed E-state index contributed by atoms with van der Waals surface area (Å²) < 4.78 is 1.33. The topological polar surface area (TPSA) is 64.0 Å². The highest BCUT2D eigenvalue weighted by Gasteiger charge is 2.15. The van der Waals surface area contributed by atoms with Gasteiger partial charge in [0, 0.05) is 10.9 Å². The number of thiophene rings is 1. The van der Waals surface area contributed by atoms with E-state index in [-0.39, 0.29) is 18.0 Å². The first-order valence-electron chi connectivity index (χ1n) is 9.55. The lowest BCUT2D eigenvalue weighted by Gasteiger charge is -2.09. The minimum absolute atomic E-state index is 0.144. The van der Waals surface area contributed by atoms with E-state index in [0.717, 1.165) is 11.1 Å². The van der Waals surface area contributed by atoms with Gasteiger partial charge in [-0.25, -0.2) is 4.98 Å². The van der Waals surface area contributed by atoms with E-state index in [9.17, 15) is 9.59 Å². The number of para-hydroxylation sites is 1. The molecule has 0 aliphatic rings. The summed E-state index contributed by atoms with van der Waals surface area (Å²) in [4.78, 5) is 30.6. The van der Waals surface area contributed by atoms with Crippen LogP contribution in [-0.4, -0.2) is 15.5 Å². The van der Waals surface area contributed by atoms with E-state index in [0.29, 0.717) is 26.8 Å². The predicted molar refractivity (Wildman–Crippen MR) is 123 cm³/mol. The van der Waals surface area contributed by atoms with Crippen LogP contribution in [0.3, 0.4) is 0 Å². The first-order chi connectivity index (χ1) is 14.4. The molecule has 5 nitrogen and oxygen atoms in total. The molecule has 0 saturated heterocycles. The number of benzene rings is 2. The van der Waals surface area contributed by atoms with Crippen LogP contribution in [0.4, 0.5) is 5.69 Å². The average Bonchev–Trinajstić information content (AvgIpc) is 3.17. The van der Waals surface area contributed by atoms with E-state index in [4.69, 9.17) is 11.6 Å². The van der Waals surface area contributed by atoms with E-state index >= 15 is 0 Å². The summed E-state index contributed by atoms with van der Waals surface area (Å²) in [5, 5.41) is 5.65. The zero-order valence-electron chi connectivity index (χ0n) is 16.6. The minimum Gasteiger partial charge on any atom is -0.323 e. The predicted octanol–water partition coefficient (Wildman–Crippen LogP) is 5.54. The molecule has 0 fully saturated rings. The highest BCUT2D eigenvalue weighted by Crippen LogP contribution is 2.31. The van der Waals surface area contributed by atoms with Gasteiger partial charge < -0.3 is 5.32 Å². The highest BCUT2D eigenvalue weighted by molar-refractivity contribution is 7.17. The zero-order chi connectivity index (χ0) is 21.3. The van der Waals surface area contributed by atoms with Crippen molar-refractivity contribution in [2.24, 2.45) is 0 Å². The van der Waals surface area contributed by atoms with Crippen LogP contribution in [0.25, 0.3) is 21.3 Å². The largest absolute Gasteiger partial charge is 0.323 e. The lowest BCUT2D eigenvalue weighted by atomic mass is 9.99. The van der Waals surface area contributed by atoms with E-state index < -0.39 is 0 Å². The van der Waals surface area contributed by atoms with Gasteiger partial charge in [0.15, 0.2) is 0 Å². The van der Waals surface area contributed by atoms with Crippen molar-refractivity contribution in [2.75, 3.05) is 5.32 Å². The van der Waals surface area contributed by atoms with Crippen LogP contribution >= 0.6 is 22.9 Å². The third kappa shape index (κ3) is 4.01. The van der Waals surface area contributed by atoms with Crippen molar-refractivity contribution in [3.8, 4) is 11.1 Å². The third-order valence-electron chi connectivity index (χ3n) is 4.91. The Morgan fingerprint density at radius 1 is 1.17 bits per heavy atom. The second-order valence-electron chi connectivity index (χ2n) is 7.31. The number of fused-ring (bicyclic) bond motifs is 1. The van der Waals surface area contributed by atoms with E-state index in [1.54, 1.807) is 24.3 Å². The molecular formula is C23H20ClN3O2S. The third-order valence-corrected chi connectivity index (χ3v) is 6.13. The van der Waals surface area contributed by atoms with Crippen LogP contribution in [0.2, 0.25) is 5.02 Å². The molecule has 0 spiro atoms. The molecule has 2 aromatic carbocycles. The molecule has 0 saturated carbocycles. The minimum atomic E-state index is -0.343. The van der Waals surface area contributed by atoms with Crippen molar-refractivity contribution in [1.29, 1.82) is 0 Å². The average molecular weight is 438 g/mol. The van der Waals surface area contributed by atoms with E-state index in [1.165, 1.54) is 27.8 Å². The Morgan fingerprint density at radius 2 is 1.90 bits per heavy atom. The van der Waals surface area contributed by atoms with Gasteiger partial charge in [-0.15, -0.1) is 11.3 Å². The van der Waals surface area contributed by atoms with Gasteiger partial charge in [0.2, 0.25) is 5.91 Å². The number of nitrogens with one attached hydrogen (secondary N) is 1. The van der Waals surface area contributed by atoms with E-state index in [1.807, 2.05) is 17.5 Å². The Hall–Kier alpha value is -2.96. The summed E-state index contributed by atoms with van der Waals surface area (Å²) in [6, 6.07) is 15.2. The fourth-order valence-electron chi connectivity index (χ4n) is 3.25. The molecule has 0 bridgehead atoms. The van der Waals surface area contributed by atoms with Crippen molar-refractivity contribution in [1.82, 2.24) is 9.55 Å². The van der Waals surface area contributed by atoms with Crippen LogP contribution in [0.1, 0.15) is 25.3 Å². The van der Waals surface area contributed by atoms with Crippen molar-refractivity contribution in [2.45, 2.75) is 26.3 Å². The molecule has 152 valence electrons. The normalized spacial score (nSPS) is 11.2. The summed E-state index contributed by atoms with van der Waals surface area (Å²) in [6.45, 7) is 4.14. The Labute approximate surface area is 183 Å². The summed E-state index contributed by atoms with van der Waals surface area (Å²) >= 11 is 7.51. The highest BCUT2D eigenvalue weighted by atomic mass is 35.5. The van der Waals surface area contributed by atoms with Crippen molar-refractivity contribution < 1.29 is 4.79 Å². The number of hydrogen-bond acceptors (Lipinski definition) is 4. The second-order valence-corrected chi connectivity index (χ2v) is 8.58. The smallest absolute Gasteiger partial charge is 0.263 e. The molecule has 0 aliphatic carbocycles. The molecule has 2 aromatic heterocycles. The van der Waals surface area contributed by atoms with E-state index in [2.05, 4.69) is 36.3 Å². The van der Waals surface area contributed by atoms with Crippen LogP contribution in [0, 0.1) is 0 Å². The number of anilines is 1. The number of aromatic nitrogens is 2. The lowest BCUT2D eigenvalue weighted by Crippen LogP contribution is -2.27. The second kappa shape index (κ2) is 8.42. The maximum atomic E-state index is 13.1. The SMILES string of the molecule is CC(C)c1ccc(-c2csc3ncn(CC(=O)Nc4ccccc4Cl)c(=O)c23)cc1. The Kier molecular flexibility index (Phi) is 5.70. The molecule has 2 heterocycles. The first kappa shape index (κ1) is 20.3. The summed E-state index contributed by atoms with van der Waals surface area (Å²) in [6.07, 6.45) is 1.42. The monoisotopic (exact) mass is 437 g/mol. The lowest BCUT2D eigenvalue weighted by molar-refractivity contribution is -0.116. The standard InChI is InChI=1S/C23H20ClN3O2S/c1-14(2)15-7-9-16(10-8-15)17-12-30-22-21(17)23(29)27(13-25-22)11-20(28)26-19-6-4-3-5-18(19)24/h3-10,12-14H,11H2,1-2H3,(H,26,28). The van der Waals surface area contributed by atoms with Gasteiger partial charge in [0.1, 0.15) is 11.4 Å². The number of nitrogens with zero attached hydrogens (tertiary/aromatic N) is 2. The molecule has 30 heavy (non-hydrogen) atoms. The van der Waals surface area contributed by atoms with Gasteiger partial charge in [-0.1, -0.05) is 61.8 Å². The number of amides is 1. The van der Waals surface area contributed by atoms with Crippen molar-refractivity contribution in [3.05, 3.63) is 81.2 Å². The number of carbonyl (C=O) groups excluding carboxylic acids is 1. The molecule has 0 aliphatic heterocycles. The Bertz CT molecular complexity index is 1280. The zero-order valence-corrected chi connectivity index (χ0v) is 18.1. The van der Waals surface area contributed by atoms with Crippen LogP contribution < -0.4 is 10.9 Å². The fourth-order valence-corrected chi connectivity index (χ4v) is 4.34. The van der Waals surface area contributed by atoms with Gasteiger partial charge in [0.25, 0.3) is 5.56 Å². The number of carbonyl (C=O) groups is 1. The van der Waals surface area contributed by atoms with Gasteiger partial charge >= 0.3 is 0 Å². The molecule has 0 radical (unpaired) electrons. The maximum Gasteiger partial charge on any atom is 0.263 e. The number of halogens is 1. The molecule has 1 amide bonds. The van der Waals surface area contributed by atoms with Gasteiger partial charge in [-0.05, 0) is 29.2 Å². The number of hydrogen-bond donors (Lipinski definition) is 1. The van der Waals surface area contributed by atoms with Crippen LogP contribution in [-0.2, 0) is 11.3 Å². The summed E-state index contributed by atoms with van der Waals surface area (Å²) in [5.74, 6) is 0.0956. The molecule has 4 aromatic rings. The fraction of sp³-hybridized carbons (Fsp3) is 0.174. The van der Waals surface area contributed by atoms with Gasteiger partial charge in [-0.2, -0.15) is 0 Å². The summed E-state index contributed by atoms with van der Waals surface area (Å²) in [7, 11) is 0. The molecule has 1 N–H and O–H groups in total. The Balaban J connectivity index is 1.65. The number of rotatable bonds is 5. The van der Waals surface area contributed by atoms with Gasteiger partial charge in [-0.3, -0.25) is 14.2 Å². The molecular weight excluding hydrogens is 418 g/mol. The molecule has 0 atom stereocenters. The molecule has 7 heteroatoms. The first-order valence-corrected chi connectivity index (χ1v) is 10.8. The van der Waals surface area contributed by atoms with Crippen LogP contribution in [0.15, 0.2) is 65.0 Å². The quantitative estimate of drug-likeness (QED) is 0.445.